The van der Waals surface area contributed by atoms with Crippen molar-refractivity contribution in [3.05, 3.63) is 21.9 Å². The first-order valence-corrected chi connectivity index (χ1v) is 11.7. The second kappa shape index (κ2) is 6.80. The van der Waals surface area contributed by atoms with Gasteiger partial charge in [0.2, 0.25) is 11.8 Å². The van der Waals surface area contributed by atoms with Crippen molar-refractivity contribution in [1.82, 2.24) is 15.0 Å². The van der Waals surface area contributed by atoms with Crippen LogP contribution in [0.15, 0.2) is 4.52 Å². The summed E-state index contributed by atoms with van der Waals surface area (Å²) in [5.74, 6) is 2.37. The zero-order valence-corrected chi connectivity index (χ0v) is 17.9. The van der Waals surface area contributed by atoms with Crippen molar-refractivity contribution in [3.8, 4) is 0 Å². The fraction of sp³-hybridized carbons (Fsp3) is 0.619. The van der Waals surface area contributed by atoms with Crippen molar-refractivity contribution in [2.24, 2.45) is 5.92 Å². The van der Waals surface area contributed by atoms with E-state index in [1.165, 1.54) is 19.3 Å². The summed E-state index contributed by atoms with van der Waals surface area (Å²) < 4.78 is 5.51. The Morgan fingerprint density at radius 3 is 2.73 bits per heavy atom. The number of carbonyl (C=O) groups is 2. The van der Waals surface area contributed by atoms with Gasteiger partial charge in [-0.25, -0.2) is 0 Å². The number of likely N-dealkylation sites (N-methyl/N-ethyl adjacent to an activating group) is 1. The molecule has 2 aromatic heterocycles. The Kier molecular flexibility index (Phi) is 4.16. The zero-order chi connectivity index (χ0) is 20.4. The summed E-state index contributed by atoms with van der Waals surface area (Å²) in [6.45, 7) is 2.28. The zero-order valence-electron chi connectivity index (χ0n) is 17.1. The first-order chi connectivity index (χ1) is 14.6. The molecular formula is C21H25N5O3S. The molecule has 0 aromatic carbocycles. The lowest BCUT2D eigenvalue weighted by atomic mass is 9.85. The van der Waals surface area contributed by atoms with Crippen LogP contribution in [0.5, 0.6) is 0 Å². The fourth-order valence-corrected chi connectivity index (χ4v) is 5.93. The van der Waals surface area contributed by atoms with Crippen LogP contribution in [0.2, 0.25) is 0 Å². The molecule has 0 atom stereocenters. The van der Waals surface area contributed by atoms with E-state index in [4.69, 9.17) is 4.52 Å². The molecule has 6 rings (SSSR count). The Morgan fingerprint density at radius 2 is 2.00 bits per heavy atom. The number of rotatable bonds is 4. The number of carbonyl (C=O) groups excluding carboxylic acids is 2. The monoisotopic (exact) mass is 427 g/mol. The second-order valence-electron chi connectivity index (χ2n) is 9.02. The Morgan fingerprint density at radius 1 is 1.17 bits per heavy atom. The third kappa shape index (κ3) is 2.93. The first-order valence-electron chi connectivity index (χ1n) is 10.9. The molecule has 2 amide bonds. The largest absolute Gasteiger partial charge is 0.337 e. The third-order valence-corrected chi connectivity index (χ3v) is 8.06. The van der Waals surface area contributed by atoms with Gasteiger partial charge in [0, 0.05) is 30.9 Å². The highest BCUT2D eigenvalue weighted by molar-refractivity contribution is 7.17. The summed E-state index contributed by atoms with van der Waals surface area (Å²) in [5.41, 5.74) is 1.84. The van der Waals surface area contributed by atoms with Crippen LogP contribution in [-0.4, -0.2) is 53.5 Å². The van der Waals surface area contributed by atoms with Crippen LogP contribution in [-0.2, 0) is 17.8 Å². The predicted octanol–water partition coefficient (Wildman–Crippen LogP) is 2.79. The summed E-state index contributed by atoms with van der Waals surface area (Å²) in [5, 5.41) is 5.06. The number of anilines is 2. The lowest BCUT2D eigenvalue weighted by molar-refractivity contribution is -0.119. The second-order valence-corrected chi connectivity index (χ2v) is 10.1. The van der Waals surface area contributed by atoms with Gasteiger partial charge in [0.25, 0.3) is 11.9 Å². The number of aromatic nitrogens is 2. The molecule has 0 radical (unpaired) electrons. The van der Waals surface area contributed by atoms with Crippen LogP contribution in [0, 0.1) is 5.92 Å². The molecule has 0 bridgehead atoms. The SMILES string of the molecule is CN1CC(=O)N(CC2CC2)c2sc3c(c2C1=O)CCN(c1noc(C2CCC2)n1)C3. The minimum Gasteiger partial charge on any atom is -0.337 e. The van der Waals surface area contributed by atoms with Crippen molar-refractivity contribution in [1.29, 1.82) is 0 Å². The van der Waals surface area contributed by atoms with E-state index in [0.717, 1.165) is 59.2 Å². The molecule has 8 nitrogen and oxygen atoms in total. The molecule has 2 aliphatic heterocycles. The third-order valence-electron chi connectivity index (χ3n) is 6.82. The van der Waals surface area contributed by atoms with Crippen molar-refractivity contribution < 1.29 is 14.1 Å². The Labute approximate surface area is 178 Å². The van der Waals surface area contributed by atoms with Crippen LogP contribution >= 0.6 is 11.3 Å². The lowest BCUT2D eigenvalue weighted by Crippen LogP contribution is -2.38. The minimum atomic E-state index is -0.0329. The minimum absolute atomic E-state index is 0.0234. The molecule has 0 N–H and O–H groups in total. The van der Waals surface area contributed by atoms with Gasteiger partial charge < -0.3 is 19.2 Å². The number of hydrogen-bond donors (Lipinski definition) is 0. The normalized spacial score (nSPS) is 22.1. The Bertz CT molecular complexity index is 1020. The Balaban J connectivity index is 1.32. The van der Waals surface area contributed by atoms with E-state index >= 15 is 0 Å². The number of thiophene rings is 1. The van der Waals surface area contributed by atoms with Gasteiger partial charge in [-0.2, -0.15) is 4.98 Å². The van der Waals surface area contributed by atoms with Crippen molar-refractivity contribution >= 4 is 34.1 Å². The molecule has 0 spiro atoms. The van der Waals surface area contributed by atoms with E-state index in [0.29, 0.717) is 24.3 Å². The predicted molar refractivity (Wildman–Crippen MR) is 112 cm³/mol. The van der Waals surface area contributed by atoms with Crippen LogP contribution in [0.1, 0.15) is 64.7 Å². The summed E-state index contributed by atoms with van der Waals surface area (Å²) in [6, 6.07) is 0. The van der Waals surface area contributed by atoms with Crippen LogP contribution in [0.3, 0.4) is 0 Å². The highest BCUT2D eigenvalue weighted by atomic mass is 32.1. The van der Waals surface area contributed by atoms with Crippen molar-refractivity contribution in [2.75, 3.05) is 36.5 Å². The van der Waals surface area contributed by atoms with E-state index in [9.17, 15) is 9.59 Å². The molecule has 4 heterocycles. The molecule has 2 saturated carbocycles. The van der Waals surface area contributed by atoms with E-state index in [-0.39, 0.29) is 18.4 Å². The number of hydrogen-bond acceptors (Lipinski definition) is 7. The first kappa shape index (κ1) is 18.4. The molecule has 2 aliphatic carbocycles. The molecule has 9 heteroatoms. The van der Waals surface area contributed by atoms with Gasteiger partial charge in [-0.15, -0.1) is 11.3 Å². The molecule has 4 aliphatic rings. The van der Waals surface area contributed by atoms with Crippen LogP contribution in [0.25, 0.3) is 0 Å². The average Bonchev–Trinajstić information content (AvgIpc) is 3.27. The standard InChI is InChI=1S/C21H25N5O3S/c1-24-11-16(27)26(9-12-5-6-12)20-17(19(24)28)14-7-8-25(10-15(14)30-20)21-22-18(29-23-21)13-3-2-4-13/h12-13H,2-11H2,1H3. The van der Waals surface area contributed by atoms with Gasteiger partial charge in [-0.1, -0.05) is 6.42 Å². The van der Waals surface area contributed by atoms with Crippen molar-refractivity contribution in [3.63, 3.8) is 0 Å². The van der Waals surface area contributed by atoms with Gasteiger partial charge in [0.15, 0.2) is 0 Å². The van der Waals surface area contributed by atoms with Gasteiger partial charge in [-0.3, -0.25) is 9.59 Å². The summed E-state index contributed by atoms with van der Waals surface area (Å²) in [4.78, 5) is 37.4. The molecule has 2 aromatic rings. The summed E-state index contributed by atoms with van der Waals surface area (Å²) in [6.07, 6.45) is 6.58. The van der Waals surface area contributed by atoms with E-state index in [1.807, 2.05) is 4.90 Å². The number of fused-ring (bicyclic) bond motifs is 3. The molecule has 0 unspecified atom stereocenters. The van der Waals surface area contributed by atoms with E-state index < -0.39 is 0 Å². The summed E-state index contributed by atoms with van der Waals surface area (Å²) >= 11 is 1.60. The molecule has 2 fully saturated rings. The highest BCUT2D eigenvalue weighted by Gasteiger charge is 2.39. The van der Waals surface area contributed by atoms with Gasteiger partial charge in [0.1, 0.15) is 11.5 Å². The summed E-state index contributed by atoms with van der Waals surface area (Å²) in [7, 11) is 1.73. The van der Waals surface area contributed by atoms with E-state index in [2.05, 4.69) is 15.0 Å². The van der Waals surface area contributed by atoms with Crippen LogP contribution in [0.4, 0.5) is 10.9 Å². The smallest absolute Gasteiger partial charge is 0.266 e. The quantitative estimate of drug-likeness (QED) is 0.746. The molecule has 30 heavy (non-hydrogen) atoms. The average molecular weight is 428 g/mol. The number of nitrogens with zero attached hydrogens (tertiary/aromatic N) is 5. The maximum absolute atomic E-state index is 13.1. The van der Waals surface area contributed by atoms with E-state index in [1.54, 1.807) is 23.3 Å². The molecular weight excluding hydrogens is 402 g/mol. The molecule has 158 valence electrons. The number of amides is 2. The van der Waals surface area contributed by atoms with Crippen molar-refractivity contribution in [2.45, 2.75) is 51.0 Å². The van der Waals surface area contributed by atoms with Crippen LogP contribution < -0.4 is 9.80 Å². The highest BCUT2D eigenvalue weighted by Crippen LogP contribution is 2.44. The fourth-order valence-electron chi connectivity index (χ4n) is 4.55. The van der Waals surface area contributed by atoms with Gasteiger partial charge in [0.05, 0.1) is 12.1 Å². The topological polar surface area (TPSA) is 82.8 Å². The van der Waals surface area contributed by atoms with Gasteiger partial charge in [-0.05, 0) is 48.7 Å². The Hall–Kier alpha value is -2.42. The molecule has 0 saturated heterocycles. The maximum atomic E-state index is 13.1. The lowest BCUT2D eigenvalue weighted by Gasteiger charge is -2.26. The van der Waals surface area contributed by atoms with Gasteiger partial charge >= 0.3 is 0 Å². The maximum Gasteiger partial charge on any atom is 0.266 e.